The number of nitro benzene ring substituents is 1. The van der Waals surface area contributed by atoms with Crippen molar-refractivity contribution in [2.75, 3.05) is 38.2 Å². The van der Waals surface area contributed by atoms with Gasteiger partial charge < -0.3 is 9.64 Å². The molecule has 162 valence electrons. The number of nitrogens with zero attached hydrogens (tertiary/aromatic N) is 4. The number of pyridine rings is 1. The molecule has 3 rings (SSSR count). The molecule has 9 nitrogen and oxygen atoms in total. The number of rotatable bonds is 5. The minimum absolute atomic E-state index is 0.00574. The smallest absolute Gasteiger partial charge is 0.417 e. The molecular weight excluding hydrogens is 429 g/mol. The van der Waals surface area contributed by atoms with Gasteiger partial charge in [-0.1, -0.05) is 0 Å². The highest BCUT2D eigenvalue weighted by molar-refractivity contribution is 7.89. The summed E-state index contributed by atoms with van der Waals surface area (Å²) in [4.78, 5) is 15.5. The van der Waals surface area contributed by atoms with Crippen molar-refractivity contribution in [2.24, 2.45) is 0 Å². The van der Waals surface area contributed by atoms with Gasteiger partial charge in [0, 0.05) is 32.4 Å². The van der Waals surface area contributed by atoms with Gasteiger partial charge in [0.25, 0.3) is 5.69 Å². The molecule has 1 aromatic carbocycles. The quantitative estimate of drug-likeness (QED) is 0.513. The van der Waals surface area contributed by atoms with Gasteiger partial charge in [0.05, 0.1) is 23.7 Å². The Morgan fingerprint density at radius 3 is 2.30 bits per heavy atom. The molecule has 0 bridgehead atoms. The number of halogens is 3. The maximum atomic E-state index is 12.9. The first kappa shape index (κ1) is 21.8. The highest BCUT2D eigenvalue weighted by atomic mass is 32.2. The van der Waals surface area contributed by atoms with E-state index in [2.05, 4.69) is 4.98 Å². The van der Waals surface area contributed by atoms with E-state index in [-0.39, 0.29) is 37.7 Å². The number of alkyl halides is 3. The Bertz CT molecular complexity index is 1040. The summed E-state index contributed by atoms with van der Waals surface area (Å²) < 4.78 is 69.9. The lowest BCUT2D eigenvalue weighted by atomic mass is 10.2. The van der Waals surface area contributed by atoms with E-state index in [0.29, 0.717) is 0 Å². The van der Waals surface area contributed by atoms with Crippen LogP contribution < -0.4 is 9.64 Å². The van der Waals surface area contributed by atoms with E-state index < -0.39 is 37.3 Å². The van der Waals surface area contributed by atoms with E-state index in [4.69, 9.17) is 4.74 Å². The van der Waals surface area contributed by atoms with Gasteiger partial charge in [-0.15, -0.1) is 0 Å². The molecule has 2 aromatic rings. The van der Waals surface area contributed by atoms with Crippen molar-refractivity contribution >= 4 is 21.5 Å². The number of ether oxygens (including phenoxy) is 1. The average Bonchev–Trinajstić information content (AvgIpc) is 2.72. The molecule has 30 heavy (non-hydrogen) atoms. The molecule has 0 spiro atoms. The van der Waals surface area contributed by atoms with E-state index in [0.717, 1.165) is 28.7 Å². The van der Waals surface area contributed by atoms with Gasteiger partial charge >= 0.3 is 6.18 Å². The SMILES string of the molecule is COc1ccc(S(=O)(=O)N2CCN(c3ccc(C(F)(F)F)cn3)CC2)c([N+](=O)[O-])c1. The standard InChI is InChI=1S/C17H17F3N4O5S/c1-29-13-3-4-15(14(10-13)24(25)26)30(27,28)23-8-6-22(7-9-23)16-5-2-12(11-21-16)17(18,19)20/h2-5,10-11H,6-9H2,1H3. The molecule has 0 aliphatic carbocycles. The number of sulfonamides is 1. The summed E-state index contributed by atoms with van der Waals surface area (Å²) in [6.07, 6.45) is -3.77. The molecule has 0 unspecified atom stereocenters. The number of nitro groups is 1. The largest absolute Gasteiger partial charge is 0.497 e. The van der Waals surface area contributed by atoms with Gasteiger partial charge in [0.15, 0.2) is 4.90 Å². The predicted octanol–water partition coefficient (Wildman–Crippen LogP) is 2.53. The Morgan fingerprint density at radius 1 is 1.13 bits per heavy atom. The highest BCUT2D eigenvalue weighted by Gasteiger charge is 2.35. The first-order valence-electron chi connectivity index (χ1n) is 8.65. The second-order valence-electron chi connectivity index (χ2n) is 6.38. The van der Waals surface area contributed by atoms with Crippen LogP contribution in [0.5, 0.6) is 5.75 Å². The van der Waals surface area contributed by atoms with Crippen LogP contribution in [0.3, 0.4) is 0 Å². The molecule has 0 saturated carbocycles. The Labute approximate surface area is 169 Å². The predicted molar refractivity (Wildman–Crippen MR) is 99.9 cm³/mol. The monoisotopic (exact) mass is 446 g/mol. The van der Waals surface area contributed by atoms with E-state index in [1.807, 2.05) is 0 Å². The fourth-order valence-electron chi connectivity index (χ4n) is 3.02. The third-order valence-electron chi connectivity index (χ3n) is 4.62. The van der Waals surface area contributed by atoms with E-state index >= 15 is 0 Å². The number of hydrogen-bond donors (Lipinski definition) is 0. The molecular formula is C17H17F3N4O5S. The number of anilines is 1. The zero-order valence-corrected chi connectivity index (χ0v) is 16.5. The van der Waals surface area contributed by atoms with Crippen molar-refractivity contribution in [3.63, 3.8) is 0 Å². The van der Waals surface area contributed by atoms with Crippen LogP contribution in [0.25, 0.3) is 0 Å². The molecule has 1 fully saturated rings. The van der Waals surface area contributed by atoms with Crippen LogP contribution in [0.1, 0.15) is 5.56 Å². The number of piperazine rings is 1. The Kier molecular flexibility index (Phi) is 5.85. The third kappa shape index (κ3) is 4.31. The number of benzene rings is 1. The van der Waals surface area contributed by atoms with Crippen LogP contribution in [0.15, 0.2) is 41.4 Å². The van der Waals surface area contributed by atoms with Crippen LogP contribution in [0.4, 0.5) is 24.7 Å². The van der Waals surface area contributed by atoms with Crippen LogP contribution in [-0.2, 0) is 16.2 Å². The third-order valence-corrected chi connectivity index (χ3v) is 6.56. The molecule has 0 atom stereocenters. The van der Waals surface area contributed by atoms with Crippen molar-refractivity contribution in [2.45, 2.75) is 11.1 Å². The molecule has 0 N–H and O–H groups in total. The van der Waals surface area contributed by atoms with Crippen molar-refractivity contribution in [1.82, 2.24) is 9.29 Å². The Hall–Kier alpha value is -2.93. The summed E-state index contributed by atoms with van der Waals surface area (Å²) in [5.74, 6) is 0.439. The minimum Gasteiger partial charge on any atom is -0.497 e. The summed E-state index contributed by atoms with van der Waals surface area (Å²) in [5.41, 5.74) is -1.47. The summed E-state index contributed by atoms with van der Waals surface area (Å²) in [5, 5.41) is 11.3. The normalized spacial score (nSPS) is 15.8. The maximum absolute atomic E-state index is 12.9. The fraction of sp³-hybridized carbons (Fsp3) is 0.353. The highest BCUT2D eigenvalue weighted by Crippen LogP contribution is 2.32. The number of hydrogen-bond acceptors (Lipinski definition) is 7. The molecule has 0 amide bonds. The summed E-state index contributed by atoms with van der Waals surface area (Å²) in [6.45, 7) is 0.325. The summed E-state index contributed by atoms with van der Waals surface area (Å²) in [7, 11) is -2.85. The lowest BCUT2D eigenvalue weighted by Crippen LogP contribution is -2.49. The van der Waals surface area contributed by atoms with E-state index in [1.165, 1.54) is 19.2 Å². The lowest BCUT2D eigenvalue weighted by molar-refractivity contribution is -0.387. The molecule has 1 aliphatic rings. The van der Waals surface area contributed by atoms with Crippen LogP contribution in [0.2, 0.25) is 0 Å². The van der Waals surface area contributed by atoms with Crippen LogP contribution in [-0.4, -0.2) is 55.9 Å². The van der Waals surface area contributed by atoms with Crippen molar-refractivity contribution in [3.05, 3.63) is 52.2 Å². The van der Waals surface area contributed by atoms with Gasteiger partial charge in [0.2, 0.25) is 10.0 Å². The number of methoxy groups -OCH3 is 1. The Balaban J connectivity index is 1.77. The topological polar surface area (TPSA) is 106 Å². The molecule has 0 radical (unpaired) electrons. The van der Waals surface area contributed by atoms with Crippen molar-refractivity contribution in [3.8, 4) is 5.75 Å². The van der Waals surface area contributed by atoms with Gasteiger partial charge in [0.1, 0.15) is 11.6 Å². The average molecular weight is 446 g/mol. The van der Waals surface area contributed by atoms with Crippen LogP contribution >= 0.6 is 0 Å². The van der Waals surface area contributed by atoms with Gasteiger partial charge in [-0.25, -0.2) is 13.4 Å². The minimum atomic E-state index is -4.49. The first-order chi connectivity index (χ1) is 14.0. The van der Waals surface area contributed by atoms with E-state index in [9.17, 15) is 31.7 Å². The Morgan fingerprint density at radius 2 is 1.80 bits per heavy atom. The number of aromatic nitrogens is 1. The zero-order chi connectivity index (χ0) is 22.1. The molecule has 2 heterocycles. The van der Waals surface area contributed by atoms with Gasteiger partial charge in [-0.2, -0.15) is 17.5 Å². The molecule has 13 heteroatoms. The second-order valence-corrected chi connectivity index (χ2v) is 8.29. The van der Waals surface area contributed by atoms with Crippen molar-refractivity contribution in [1.29, 1.82) is 0 Å². The fourth-order valence-corrected chi connectivity index (χ4v) is 4.58. The van der Waals surface area contributed by atoms with Crippen LogP contribution in [0, 0.1) is 10.1 Å². The lowest BCUT2D eigenvalue weighted by Gasteiger charge is -2.34. The van der Waals surface area contributed by atoms with Gasteiger partial charge in [-0.3, -0.25) is 10.1 Å². The van der Waals surface area contributed by atoms with Crippen molar-refractivity contribution < 1.29 is 31.2 Å². The molecule has 1 aromatic heterocycles. The van der Waals surface area contributed by atoms with Gasteiger partial charge in [-0.05, 0) is 24.3 Å². The second kappa shape index (κ2) is 8.07. The summed E-state index contributed by atoms with van der Waals surface area (Å²) >= 11 is 0. The zero-order valence-electron chi connectivity index (χ0n) is 15.7. The molecule has 1 aliphatic heterocycles. The van der Waals surface area contributed by atoms with E-state index in [1.54, 1.807) is 4.90 Å². The maximum Gasteiger partial charge on any atom is 0.417 e. The first-order valence-corrected chi connectivity index (χ1v) is 10.1. The molecule has 1 saturated heterocycles. The summed E-state index contributed by atoms with van der Waals surface area (Å²) in [6, 6.07) is 5.61.